The number of carbonyl (C=O) groups excluding carboxylic acids is 1. The van der Waals surface area contributed by atoms with E-state index in [4.69, 9.17) is 9.47 Å². The lowest BCUT2D eigenvalue weighted by Gasteiger charge is -2.25. The molecule has 108 valence electrons. The zero-order valence-corrected chi connectivity index (χ0v) is 11.4. The van der Waals surface area contributed by atoms with E-state index >= 15 is 0 Å². The molecule has 0 saturated carbocycles. The summed E-state index contributed by atoms with van der Waals surface area (Å²) in [6.45, 7) is 0.168. The maximum Gasteiger partial charge on any atom is 0.181 e. The van der Waals surface area contributed by atoms with Crippen LogP contribution >= 0.6 is 0 Å². The maximum absolute atomic E-state index is 12.6. The van der Waals surface area contributed by atoms with Crippen molar-refractivity contribution in [2.24, 2.45) is 0 Å². The molecule has 1 heterocycles. The van der Waals surface area contributed by atoms with Crippen molar-refractivity contribution in [2.45, 2.75) is 5.92 Å². The number of ketones is 1. The normalized spacial score (nSPS) is 17.0. The average molecular weight is 286 g/mol. The summed E-state index contributed by atoms with van der Waals surface area (Å²) in [6.07, 6.45) is 0. The molecule has 2 aromatic rings. The summed E-state index contributed by atoms with van der Waals surface area (Å²) < 4.78 is 10.6. The Labute approximate surface area is 121 Å². The summed E-state index contributed by atoms with van der Waals surface area (Å²) in [5, 5.41) is 19.3. The van der Waals surface area contributed by atoms with E-state index < -0.39 is 5.92 Å². The molecule has 1 unspecified atom stereocenters. The van der Waals surface area contributed by atoms with Crippen LogP contribution in [0.5, 0.6) is 23.0 Å². The Kier molecular flexibility index (Phi) is 3.17. The van der Waals surface area contributed by atoms with Crippen molar-refractivity contribution >= 4 is 5.78 Å². The van der Waals surface area contributed by atoms with E-state index in [1.54, 1.807) is 31.4 Å². The van der Waals surface area contributed by atoms with Crippen molar-refractivity contribution in [3.8, 4) is 23.0 Å². The third-order valence-electron chi connectivity index (χ3n) is 3.55. The lowest BCUT2D eigenvalue weighted by molar-refractivity contribution is 0.0892. The molecule has 2 N–H and O–H groups in total. The standard InChI is InChI=1S/C16H14O5/c1-20-11-4-2-9(3-5-11)12-8-21-14-7-10(17)6-13(18)15(14)16(12)19/h2-7,12,17-18H,8H2,1H3. The van der Waals surface area contributed by atoms with Crippen LogP contribution in [0, 0.1) is 0 Å². The molecule has 1 aliphatic heterocycles. The predicted octanol–water partition coefficient (Wildman–Crippen LogP) is 2.47. The molecular weight excluding hydrogens is 272 g/mol. The van der Waals surface area contributed by atoms with Gasteiger partial charge < -0.3 is 19.7 Å². The maximum atomic E-state index is 12.6. The van der Waals surface area contributed by atoms with E-state index in [2.05, 4.69) is 0 Å². The second-order valence-corrected chi connectivity index (χ2v) is 4.84. The minimum Gasteiger partial charge on any atom is -0.508 e. The van der Waals surface area contributed by atoms with E-state index in [0.717, 1.165) is 11.6 Å². The number of phenolic OH excluding ortho intramolecular Hbond substituents is 2. The highest BCUT2D eigenvalue weighted by Gasteiger charge is 2.33. The van der Waals surface area contributed by atoms with Gasteiger partial charge in [0.15, 0.2) is 5.78 Å². The lowest BCUT2D eigenvalue weighted by atomic mass is 9.88. The summed E-state index contributed by atoms with van der Waals surface area (Å²) in [4.78, 5) is 12.6. The Morgan fingerprint density at radius 3 is 2.57 bits per heavy atom. The van der Waals surface area contributed by atoms with Crippen LogP contribution in [0.4, 0.5) is 0 Å². The smallest absolute Gasteiger partial charge is 0.181 e. The second kappa shape index (κ2) is 5.01. The van der Waals surface area contributed by atoms with Gasteiger partial charge in [-0.2, -0.15) is 0 Å². The number of Topliss-reactive ketones (excluding diaryl/α,β-unsaturated/α-hetero) is 1. The number of hydrogen-bond acceptors (Lipinski definition) is 5. The lowest BCUT2D eigenvalue weighted by Crippen LogP contribution is -2.26. The van der Waals surface area contributed by atoms with E-state index in [1.807, 2.05) is 0 Å². The fourth-order valence-corrected chi connectivity index (χ4v) is 2.45. The van der Waals surface area contributed by atoms with Crippen molar-refractivity contribution in [3.63, 3.8) is 0 Å². The average Bonchev–Trinajstić information content (AvgIpc) is 2.47. The van der Waals surface area contributed by atoms with Crippen LogP contribution in [-0.2, 0) is 0 Å². The molecule has 1 aliphatic rings. The number of methoxy groups -OCH3 is 1. The van der Waals surface area contributed by atoms with Gasteiger partial charge in [0.05, 0.1) is 13.0 Å². The van der Waals surface area contributed by atoms with E-state index in [9.17, 15) is 15.0 Å². The summed E-state index contributed by atoms with van der Waals surface area (Å²) in [6, 6.07) is 9.61. The fraction of sp³-hybridized carbons (Fsp3) is 0.188. The van der Waals surface area contributed by atoms with E-state index in [0.29, 0.717) is 5.75 Å². The van der Waals surface area contributed by atoms with Crippen molar-refractivity contribution in [3.05, 3.63) is 47.5 Å². The van der Waals surface area contributed by atoms with Gasteiger partial charge in [-0.25, -0.2) is 0 Å². The van der Waals surface area contributed by atoms with Crippen LogP contribution in [0.2, 0.25) is 0 Å². The zero-order valence-electron chi connectivity index (χ0n) is 11.4. The first-order valence-electron chi connectivity index (χ1n) is 6.47. The number of ether oxygens (including phenoxy) is 2. The highest BCUT2D eigenvalue weighted by Crippen LogP contribution is 2.40. The topological polar surface area (TPSA) is 76.0 Å². The van der Waals surface area contributed by atoms with Crippen LogP contribution in [0.25, 0.3) is 0 Å². The van der Waals surface area contributed by atoms with Crippen LogP contribution in [-0.4, -0.2) is 29.7 Å². The molecule has 0 amide bonds. The Morgan fingerprint density at radius 2 is 1.90 bits per heavy atom. The predicted molar refractivity (Wildman–Crippen MR) is 75.3 cm³/mol. The SMILES string of the molecule is COc1ccc(C2COc3cc(O)cc(O)c3C2=O)cc1. The van der Waals surface area contributed by atoms with Gasteiger partial charge in [-0.1, -0.05) is 12.1 Å². The van der Waals surface area contributed by atoms with Crippen LogP contribution in [0.1, 0.15) is 21.8 Å². The first-order chi connectivity index (χ1) is 10.1. The molecule has 2 aromatic carbocycles. The van der Waals surface area contributed by atoms with Crippen LogP contribution < -0.4 is 9.47 Å². The molecule has 5 nitrogen and oxygen atoms in total. The molecule has 0 bridgehead atoms. The molecule has 1 atom stereocenters. The quantitative estimate of drug-likeness (QED) is 0.887. The zero-order chi connectivity index (χ0) is 15.0. The largest absolute Gasteiger partial charge is 0.508 e. The number of phenols is 2. The van der Waals surface area contributed by atoms with Crippen molar-refractivity contribution in [1.29, 1.82) is 0 Å². The van der Waals surface area contributed by atoms with Gasteiger partial charge in [0, 0.05) is 12.1 Å². The molecule has 0 fully saturated rings. The number of hydrogen-bond donors (Lipinski definition) is 2. The van der Waals surface area contributed by atoms with E-state index in [-0.39, 0.29) is 35.2 Å². The number of benzene rings is 2. The fourth-order valence-electron chi connectivity index (χ4n) is 2.45. The summed E-state index contributed by atoms with van der Waals surface area (Å²) in [5.41, 5.74) is 0.902. The summed E-state index contributed by atoms with van der Waals surface area (Å²) in [7, 11) is 1.57. The van der Waals surface area contributed by atoms with Gasteiger partial charge in [0.2, 0.25) is 0 Å². The Bertz CT molecular complexity index is 691. The monoisotopic (exact) mass is 286 g/mol. The molecule has 5 heteroatoms. The Balaban J connectivity index is 1.98. The number of rotatable bonds is 2. The third-order valence-corrected chi connectivity index (χ3v) is 3.55. The van der Waals surface area contributed by atoms with Gasteiger partial charge in [0.1, 0.15) is 35.2 Å². The Morgan fingerprint density at radius 1 is 1.19 bits per heavy atom. The van der Waals surface area contributed by atoms with Crippen LogP contribution in [0.15, 0.2) is 36.4 Å². The number of fused-ring (bicyclic) bond motifs is 1. The van der Waals surface area contributed by atoms with Crippen molar-refractivity contribution < 1.29 is 24.5 Å². The molecule has 0 aromatic heterocycles. The van der Waals surface area contributed by atoms with Crippen molar-refractivity contribution in [1.82, 2.24) is 0 Å². The molecule has 0 spiro atoms. The van der Waals surface area contributed by atoms with Gasteiger partial charge in [-0.3, -0.25) is 4.79 Å². The number of carbonyl (C=O) groups is 1. The van der Waals surface area contributed by atoms with Crippen LogP contribution in [0.3, 0.4) is 0 Å². The molecular formula is C16H14O5. The molecule has 0 aliphatic carbocycles. The minimum absolute atomic E-state index is 0.111. The van der Waals surface area contributed by atoms with Gasteiger partial charge in [-0.15, -0.1) is 0 Å². The highest BCUT2D eigenvalue weighted by molar-refractivity contribution is 6.06. The van der Waals surface area contributed by atoms with Gasteiger partial charge >= 0.3 is 0 Å². The third kappa shape index (κ3) is 2.27. The molecule has 21 heavy (non-hydrogen) atoms. The summed E-state index contributed by atoms with van der Waals surface area (Å²) >= 11 is 0. The minimum atomic E-state index is -0.487. The Hall–Kier alpha value is -2.69. The van der Waals surface area contributed by atoms with Gasteiger partial charge in [0.25, 0.3) is 0 Å². The van der Waals surface area contributed by atoms with Crippen molar-refractivity contribution in [2.75, 3.05) is 13.7 Å². The highest BCUT2D eigenvalue weighted by atomic mass is 16.5. The number of aromatic hydroxyl groups is 2. The first-order valence-corrected chi connectivity index (χ1v) is 6.47. The molecule has 3 rings (SSSR count). The van der Waals surface area contributed by atoms with Gasteiger partial charge in [-0.05, 0) is 17.7 Å². The summed E-state index contributed by atoms with van der Waals surface area (Å²) in [5.74, 6) is -0.203. The second-order valence-electron chi connectivity index (χ2n) is 4.84. The van der Waals surface area contributed by atoms with E-state index in [1.165, 1.54) is 6.07 Å². The molecule has 0 saturated heterocycles. The molecule has 0 radical (unpaired) electrons. The first kappa shape index (κ1) is 13.3.